The minimum absolute atomic E-state index is 0.132. The van der Waals surface area contributed by atoms with Gasteiger partial charge in [0.25, 0.3) is 0 Å². The predicted octanol–water partition coefficient (Wildman–Crippen LogP) is 8.69. The number of benzene rings is 1. The first-order valence-electron chi connectivity index (χ1n) is 21.1. The molecule has 1 aromatic carbocycles. The Kier molecular flexibility index (Phi) is 24.9. The Hall–Kier alpha value is -4.42. The average molecular weight is 827 g/mol. The second-order valence-electron chi connectivity index (χ2n) is 15.3. The highest BCUT2D eigenvalue weighted by Gasteiger charge is 2.48. The number of rotatable bonds is 25. The number of hydrogen-bond acceptors (Lipinski definition) is 12. The van der Waals surface area contributed by atoms with Crippen molar-refractivity contribution >= 4 is 23.9 Å². The molecule has 3 fully saturated rings. The molecule has 3 saturated carbocycles. The lowest BCUT2D eigenvalue weighted by Crippen LogP contribution is -2.30. The van der Waals surface area contributed by atoms with Gasteiger partial charge in [-0.15, -0.1) is 0 Å². The molecule has 0 heterocycles. The van der Waals surface area contributed by atoms with Crippen molar-refractivity contribution in [2.45, 2.75) is 111 Å². The molecule has 0 aromatic heterocycles. The largest absolute Gasteiger partial charge is 0.490 e. The van der Waals surface area contributed by atoms with Crippen LogP contribution >= 0.6 is 0 Å². The van der Waals surface area contributed by atoms with Crippen molar-refractivity contribution in [2.75, 3.05) is 52.9 Å². The fraction of sp³-hybridized carbons (Fsp3) is 0.617. The van der Waals surface area contributed by atoms with E-state index in [2.05, 4.69) is 26.3 Å². The van der Waals surface area contributed by atoms with E-state index in [0.29, 0.717) is 54.3 Å². The standard InChI is InChI=1S/C19H26O6.C18H28O6.C10H16/c1-4-22-13-17(14-24-16-9-6-5-7-10-16)25-18(20)11-8-12-23-19(21)15(2)3;1-7-21-11-16(12-23-15(6)13(2)3)24-17(19)9-8-10-22-18(20)14(4)5;1-2-9-7-4-5-8(6-7)10(9)3-1/h5-7,9-10,17H,2,4,8,11-14H2,1,3H3;16H,2,4,6-12H2,1,3,5H3;7-10H,1-6H2. The second kappa shape index (κ2) is 28.9. The lowest BCUT2D eigenvalue weighted by molar-refractivity contribution is -0.156. The molecule has 3 aliphatic carbocycles. The van der Waals surface area contributed by atoms with E-state index < -0.39 is 30.1 Å². The topological polar surface area (TPSA) is 142 Å². The van der Waals surface area contributed by atoms with Crippen molar-refractivity contribution in [2.24, 2.45) is 23.7 Å². The molecule has 330 valence electrons. The van der Waals surface area contributed by atoms with E-state index in [0.717, 1.165) is 0 Å². The lowest BCUT2D eigenvalue weighted by atomic mass is 9.82. The predicted molar refractivity (Wildman–Crippen MR) is 226 cm³/mol. The summed E-state index contributed by atoms with van der Waals surface area (Å²) in [6.07, 6.45) is 9.55. The number of esters is 4. The molecule has 0 aliphatic heterocycles. The second-order valence-corrected chi connectivity index (χ2v) is 15.3. The van der Waals surface area contributed by atoms with Crippen LogP contribution in [0.3, 0.4) is 0 Å². The summed E-state index contributed by atoms with van der Waals surface area (Å²) in [5.41, 5.74) is 1.36. The molecule has 12 heteroatoms. The molecule has 0 spiro atoms. The summed E-state index contributed by atoms with van der Waals surface area (Å²) in [5, 5.41) is 0. The summed E-state index contributed by atoms with van der Waals surface area (Å²) in [6, 6.07) is 9.28. The Labute approximate surface area is 352 Å². The van der Waals surface area contributed by atoms with Crippen LogP contribution in [0, 0.1) is 23.7 Å². The monoisotopic (exact) mass is 826 g/mol. The first-order chi connectivity index (χ1) is 28.2. The smallest absolute Gasteiger partial charge is 0.333 e. The fourth-order valence-corrected chi connectivity index (χ4v) is 7.27. The highest BCUT2D eigenvalue weighted by molar-refractivity contribution is 5.87. The molecule has 0 N–H and O–H groups in total. The van der Waals surface area contributed by atoms with Crippen LogP contribution in [0.4, 0.5) is 0 Å². The quantitative estimate of drug-likeness (QED) is 0.0233. The van der Waals surface area contributed by atoms with E-state index in [-0.39, 0.29) is 58.5 Å². The molecule has 59 heavy (non-hydrogen) atoms. The van der Waals surface area contributed by atoms with Gasteiger partial charge in [0.2, 0.25) is 0 Å². The minimum atomic E-state index is -0.536. The van der Waals surface area contributed by atoms with E-state index in [4.69, 9.17) is 37.9 Å². The molecular weight excluding hydrogens is 757 g/mol. The van der Waals surface area contributed by atoms with Gasteiger partial charge < -0.3 is 37.9 Å². The van der Waals surface area contributed by atoms with Gasteiger partial charge in [0, 0.05) is 37.2 Å². The molecule has 4 rings (SSSR count). The number of ether oxygens (including phenoxy) is 8. The summed E-state index contributed by atoms with van der Waals surface area (Å²) in [5.74, 6) is 4.23. The average Bonchev–Trinajstić information content (AvgIpc) is 3.98. The molecule has 6 atom stereocenters. The van der Waals surface area contributed by atoms with Gasteiger partial charge in [0.1, 0.15) is 24.7 Å². The third-order valence-corrected chi connectivity index (χ3v) is 10.3. The van der Waals surface area contributed by atoms with Crippen LogP contribution in [0.2, 0.25) is 0 Å². The van der Waals surface area contributed by atoms with Crippen LogP contribution in [-0.2, 0) is 52.3 Å². The normalized spacial score (nSPS) is 19.2. The zero-order valence-electron chi connectivity index (χ0n) is 36.3. The SMILES string of the molecule is C1CC2C3CCC(C3)C2C1.C=C(C)C(=C)OCC(COCC)OC(=O)CCCOC(=O)C(=C)C.C=C(C)C(=O)OCCCC(=O)OC(COCC)COc1ccccc1. The van der Waals surface area contributed by atoms with E-state index in [9.17, 15) is 19.2 Å². The van der Waals surface area contributed by atoms with Crippen LogP contribution in [-0.4, -0.2) is 88.9 Å². The van der Waals surface area contributed by atoms with Crippen LogP contribution in [0.25, 0.3) is 0 Å². The van der Waals surface area contributed by atoms with E-state index in [1.165, 1.54) is 23.7 Å². The summed E-state index contributed by atoms with van der Waals surface area (Å²) >= 11 is 0. The molecule has 0 amide bonds. The summed E-state index contributed by atoms with van der Waals surface area (Å²) < 4.78 is 42.2. The van der Waals surface area contributed by atoms with E-state index in [1.54, 1.807) is 59.3 Å². The van der Waals surface area contributed by atoms with Crippen molar-refractivity contribution in [1.82, 2.24) is 0 Å². The summed E-state index contributed by atoms with van der Waals surface area (Å²) in [6.45, 7) is 25.2. The highest BCUT2D eigenvalue weighted by atomic mass is 16.6. The van der Waals surface area contributed by atoms with E-state index in [1.807, 2.05) is 44.2 Å². The Morgan fingerprint density at radius 1 is 0.627 bits per heavy atom. The van der Waals surface area contributed by atoms with Gasteiger partial charge in [-0.3, -0.25) is 9.59 Å². The first kappa shape index (κ1) is 50.7. The zero-order valence-corrected chi connectivity index (χ0v) is 36.3. The molecule has 1 aromatic rings. The number of carbonyl (C=O) groups is 4. The minimum Gasteiger partial charge on any atom is -0.490 e. The van der Waals surface area contributed by atoms with Gasteiger partial charge in [-0.05, 0) is 121 Å². The Balaban J connectivity index is 0.000000327. The molecule has 12 nitrogen and oxygen atoms in total. The van der Waals surface area contributed by atoms with Crippen molar-refractivity contribution in [3.05, 3.63) is 79.1 Å². The molecule has 0 radical (unpaired) electrons. The van der Waals surface area contributed by atoms with Crippen LogP contribution in [0.15, 0.2) is 79.1 Å². The third kappa shape index (κ3) is 20.9. The number of fused-ring (bicyclic) bond motifs is 5. The first-order valence-corrected chi connectivity index (χ1v) is 21.1. The number of allylic oxidation sites excluding steroid dienone is 1. The number of carbonyl (C=O) groups excluding carboxylic acids is 4. The van der Waals surface area contributed by atoms with Gasteiger partial charge in [-0.2, -0.15) is 0 Å². The van der Waals surface area contributed by atoms with Gasteiger partial charge in [-0.25, -0.2) is 9.59 Å². The van der Waals surface area contributed by atoms with Gasteiger partial charge in [-0.1, -0.05) is 50.9 Å². The van der Waals surface area contributed by atoms with Crippen molar-refractivity contribution in [1.29, 1.82) is 0 Å². The van der Waals surface area contributed by atoms with Crippen molar-refractivity contribution < 1.29 is 57.1 Å². The molecule has 3 aliphatic rings. The van der Waals surface area contributed by atoms with Crippen LogP contribution < -0.4 is 4.74 Å². The van der Waals surface area contributed by atoms with Crippen molar-refractivity contribution in [3.63, 3.8) is 0 Å². The maximum Gasteiger partial charge on any atom is 0.333 e. The van der Waals surface area contributed by atoms with Gasteiger partial charge in [0.05, 0.1) is 26.4 Å². The van der Waals surface area contributed by atoms with Gasteiger partial charge in [0.15, 0.2) is 12.2 Å². The van der Waals surface area contributed by atoms with Crippen molar-refractivity contribution in [3.8, 4) is 5.75 Å². The Bertz CT molecular complexity index is 1470. The Morgan fingerprint density at radius 3 is 1.54 bits per heavy atom. The van der Waals surface area contributed by atoms with E-state index >= 15 is 0 Å². The molecular formula is C47H70O12. The molecule has 2 bridgehead atoms. The maximum absolute atomic E-state index is 11.9. The summed E-state index contributed by atoms with van der Waals surface area (Å²) in [4.78, 5) is 46.2. The zero-order chi connectivity index (χ0) is 43.6. The molecule has 0 saturated heterocycles. The van der Waals surface area contributed by atoms with Crippen LogP contribution in [0.5, 0.6) is 5.75 Å². The maximum atomic E-state index is 11.9. The van der Waals surface area contributed by atoms with Crippen LogP contribution in [0.1, 0.15) is 98.8 Å². The molecule has 6 unspecified atom stereocenters. The van der Waals surface area contributed by atoms with Gasteiger partial charge >= 0.3 is 23.9 Å². The lowest BCUT2D eigenvalue weighted by Gasteiger charge is -2.23. The number of hydrogen-bond donors (Lipinski definition) is 0. The number of para-hydroxylation sites is 1. The fourth-order valence-electron chi connectivity index (χ4n) is 7.27. The summed E-state index contributed by atoms with van der Waals surface area (Å²) in [7, 11) is 0. The third-order valence-electron chi connectivity index (χ3n) is 10.3. The Morgan fingerprint density at radius 2 is 1.10 bits per heavy atom. The highest BCUT2D eigenvalue weighted by Crippen LogP contribution is 2.58.